The number of carbonyl (C=O) groups excluding carboxylic acids is 1. The zero-order valence-corrected chi connectivity index (χ0v) is 16.7. The van der Waals surface area contributed by atoms with Gasteiger partial charge < -0.3 is 15.1 Å². The average Bonchev–Trinajstić information content (AvgIpc) is 2.78. The van der Waals surface area contributed by atoms with Crippen molar-refractivity contribution in [2.75, 3.05) is 36.4 Å². The Hall–Kier alpha value is -3.12. The summed E-state index contributed by atoms with van der Waals surface area (Å²) in [4.78, 5) is 16.6. The van der Waals surface area contributed by atoms with E-state index in [-0.39, 0.29) is 5.91 Å². The van der Waals surface area contributed by atoms with Crippen molar-refractivity contribution in [3.05, 3.63) is 82.9 Å². The summed E-state index contributed by atoms with van der Waals surface area (Å²) in [6, 6.07) is 21.2. The van der Waals surface area contributed by atoms with Gasteiger partial charge in [0.1, 0.15) is 5.82 Å². The summed E-state index contributed by atoms with van der Waals surface area (Å²) in [6.45, 7) is 3.43. The number of carbonyl (C=O) groups is 1. The Labute approximate surface area is 175 Å². The van der Waals surface area contributed by atoms with Gasteiger partial charge in [-0.05, 0) is 35.9 Å². The van der Waals surface area contributed by atoms with Crippen LogP contribution in [-0.4, -0.2) is 47.2 Å². The molecule has 1 N–H and O–H groups in total. The fourth-order valence-corrected chi connectivity index (χ4v) is 3.51. The molecule has 0 spiro atoms. The lowest BCUT2D eigenvalue weighted by Crippen LogP contribution is -2.49. The van der Waals surface area contributed by atoms with Crippen molar-refractivity contribution in [1.29, 1.82) is 0 Å². The zero-order valence-electron chi connectivity index (χ0n) is 16.0. The van der Waals surface area contributed by atoms with E-state index in [0.29, 0.717) is 30.2 Å². The standard InChI is InChI=1S/C22H22ClN5O/c23-19-8-4-7-18(15-19)22(29)28-13-11-27(12-14-28)21-10-9-20(25-26-21)24-16-17-5-2-1-3-6-17/h1-10,15H,11-14,16H2,(H,24,25). The molecule has 1 fully saturated rings. The number of amides is 1. The predicted octanol–water partition coefficient (Wildman–Crippen LogP) is 3.70. The van der Waals surface area contributed by atoms with Gasteiger partial charge in [-0.1, -0.05) is 48.0 Å². The van der Waals surface area contributed by atoms with E-state index in [2.05, 4.69) is 32.5 Å². The summed E-state index contributed by atoms with van der Waals surface area (Å²) in [5, 5.41) is 12.5. The number of anilines is 2. The second-order valence-corrected chi connectivity index (χ2v) is 7.34. The van der Waals surface area contributed by atoms with Crippen LogP contribution < -0.4 is 10.2 Å². The third-order valence-corrected chi connectivity index (χ3v) is 5.16. The lowest BCUT2D eigenvalue weighted by Gasteiger charge is -2.35. The SMILES string of the molecule is O=C(c1cccc(Cl)c1)N1CCN(c2ccc(NCc3ccccc3)nn2)CC1. The third-order valence-electron chi connectivity index (χ3n) is 4.93. The fourth-order valence-electron chi connectivity index (χ4n) is 3.32. The molecule has 1 saturated heterocycles. The molecule has 6 nitrogen and oxygen atoms in total. The maximum atomic E-state index is 12.6. The van der Waals surface area contributed by atoms with Crippen molar-refractivity contribution in [3.63, 3.8) is 0 Å². The predicted molar refractivity (Wildman–Crippen MR) is 115 cm³/mol. The Bertz CT molecular complexity index is 956. The van der Waals surface area contributed by atoms with Crippen LogP contribution in [0.4, 0.5) is 11.6 Å². The highest BCUT2D eigenvalue weighted by Gasteiger charge is 2.23. The number of aromatic nitrogens is 2. The van der Waals surface area contributed by atoms with Gasteiger partial charge in [0.2, 0.25) is 0 Å². The van der Waals surface area contributed by atoms with E-state index in [9.17, 15) is 4.79 Å². The van der Waals surface area contributed by atoms with E-state index in [4.69, 9.17) is 11.6 Å². The number of halogens is 1. The van der Waals surface area contributed by atoms with Crippen molar-refractivity contribution in [3.8, 4) is 0 Å². The van der Waals surface area contributed by atoms with Gasteiger partial charge in [0, 0.05) is 43.3 Å². The summed E-state index contributed by atoms with van der Waals surface area (Å²) in [7, 11) is 0. The van der Waals surface area contributed by atoms with E-state index in [1.807, 2.05) is 35.2 Å². The Morgan fingerprint density at radius 3 is 2.41 bits per heavy atom. The Balaban J connectivity index is 1.31. The minimum Gasteiger partial charge on any atom is -0.365 e. The molecule has 3 aromatic rings. The lowest BCUT2D eigenvalue weighted by molar-refractivity contribution is 0.0746. The molecule has 2 aromatic carbocycles. The molecule has 148 valence electrons. The van der Waals surface area contributed by atoms with E-state index in [1.165, 1.54) is 5.56 Å². The van der Waals surface area contributed by atoms with Gasteiger partial charge in [0.25, 0.3) is 5.91 Å². The first-order valence-electron chi connectivity index (χ1n) is 9.60. The van der Waals surface area contributed by atoms with Crippen molar-refractivity contribution in [2.24, 2.45) is 0 Å². The first-order valence-corrected chi connectivity index (χ1v) is 9.98. The molecule has 2 heterocycles. The molecule has 29 heavy (non-hydrogen) atoms. The summed E-state index contributed by atoms with van der Waals surface area (Å²) in [6.07, 6.45) is 0. The molecule has 1 aromatic heterocycles. The van der Waals surface area contributed by atoms with Gasteiger partial charge >= 0.3 is 0 Å². The van der Waals surface area contributed by atoms with Crippen molar-refractivity contribution < 1.29 is 4.79 Å². The first-order chi connectivity index (χ1) is 14.2. The molecule has 7 heteroatoms. The lowest BCUT2D eigenvalue weighted by atomic mass is 10.2. The number of rotatable bonds is 5. The van der Waals surface area contributed by atoms with Gasteiger partial charge in [-0.15, -0.1) is 10.2 Å². The molecule has 0 radical (unpaired) electrons. The minimum absolute atomic E-state index is 0.0127. The van der Waals surface area contributed by atoms with Crippen LogP contribution in [0, 0.1) is 0 Å². The van der Waals surface area contributed by atoms with Crippen LogP contribution in [0.1, 0.15) is 15.9 Å². The highest BCUT2D eigenvalue weighted by molar-refractivity contribution is 6.30. The van der Waals surface area contributed by atoms with Crippen LogP contribution in [0.5, 0.6) is 0 Å². The molecule has 0 atom stereocenters. The maximum Gasteiger partial charge on any atom is 0.254 e. The van der Waals surface area contributed by atoms with Crippen LogP contribution >= 0.6 is 11.6 Å². The number of piperazine rings is 1. The van der Waals surface area contributed by atoms with Gasteiger partial charge in [0.15, 0.2) is 5.82 Å². The molecule has 0 aliphatic carbocycles. The van der Waals surface area contributed by atoms with Crippen molar-refractivity contribution in [2.45, 2.75) is 6.54 Å². The number of benzene rings is 2. The van der Waals surface area contributed by atoms with Crippen LogP contribution in [0.3, 0.4) is 0 Å². The van der Waals surface area contributed by atoms with Crippen LogP contribution in [0.25, 0.3) is 0 Å². The summed E-state index contributed by atoms with van der Waals surface area (Å²) in [5.41, 5.74) is 1.82. The van der Waals surface area contributed by atoms with E-state index in [0.717, 1.165) is 24.7 Å². The van der Waals surface area contributed by atoms with Crippen LogP contribution in [0.15, 0.2) is 66.7 Å². The third kappa shape index (κ3) is 4.84. The van der Waals surface area contributed by atoms with Gasteiger partial charge in [-0.25, -0.2) is 0 Å². The second-order valence-electron chi connectivity index (χ2n) is 6.91. The van der Waals surface area contributed by atoms with Gasteiger partial charge in [-0.3, -0.25) is 4.79 Å². The molecule has 4 rings (SSSR count). The van der Waals surface area contributed by atoms with Crippen LogP contribution in [-0.2, 0) is 6.54 Å². The number of hydrogen-bond donors (Lipinski definition) is 1. The molecular formula is C22H22ClN5O. The quantitative estimate of drug-likeness (QED) is 0.698. The van der Waals surface area contributed by atoms with E-state index >= 15 is 0 Å². The zero-order chi connectivity index (χ0) is 20.1. The molecule has 0 bridgehead atoms. The molecular weight excluding hydrogens is 386 g/mol. The average molecular weight is 408 g/mol. The normalized spacial score (nSPS) is 14.0. The minimum atomic E-state index is 0.0127. The Morgan fingerprint density at radius 2 is 1.72 bits per heavy atom. The highest BCUT2D eigenvalue weighted by atomic mass is 35.5. The highest BCUT2D eigenvalue weighted by Crippen LogP contribution is 2.17. The number of hydrogen-bond acceptors (Lipinski definition) is 5. The fraction of sp³-hybridized carbons (Fsp3) is 0.227. The first kappa shape index (κ1) is 19.2. The largest absolute Gasteiger partial charge is 0.365 e. The van der Waals surface area contributed by atoms with E-state index in [1.54, 1.807) is 24.3 Å². The summed E-state index contributed by atoms with van der Waals surface area (Å²) >= 11 is 6.00. The van der Waals surface area contributed by atoms with E-state index < -0.39 is 0 Å². The monoisotopic (exact) mass is 407 g/mol. The number of nitrogens with zero attached hydrogens (tertiary/aromatic N) is 4. The Morgan fingerprint density at radius 1 is 0.931 bits per heavy atom. The van der Waals surface area contributed by atoms with Gasteiger partial charge in [0.05, 0.1) is 0 Å². The molecule has 1 aliphatic rings. The molecule has 0 unspecified atom stereocenters. The molecule has 1 amide bonds. The Kier molecular flexibility index (Phi) is 5.91. The topological polar surface area (TPSA) is 61.4 Å². The van der Waals surface area contributed by atoms with Crippen molar-refractivity contribution in [1.82, 2.24) is 15.1 Å². The van der Waals surface area contributed by atoms with Crippen molar-refractivity contribution >= 4 is 29.1 Å². The summed E-state index contributed by atoms with van der Waals surface area (Å²) < 4.78 is 0. The van der Waals surface area contributed by atoms with Crippen LogP contribution in [0.2, 0.25) is 5.02 Å². The smallest absolute Gasteiger partial charge is 0.254 e. The maximum absolute atomic E-state index is 12.6. The summed E-state index contributed by atoms with van der Waals surface area (Å²) in [5.74, 6) is 1.58. The molecule has 1 aliphatic heterocycles. The van der Waals surface area contributed by atoms with Gasteiger partial charge in [-0.2, -0.15) is 0 Å². The molecule has 0 saturated carbocycles. The second kappa shape index (κ2) is 8.92. The number of nitrogens with one attached hydrogen (secondary N) is 1.